The lowest BCUT2D eigenvalue weighted by molar-refractivity contribution is 0.0575. The predicted molar refractivity (Wildman–Crippen MR) is 92.6 cm³/mol. The van der Waals surface area contributed by atoms with Crippen molar-refractivity contribution < 1.29 is 4.79 Å². The number of nitrogens with zero attached hydrogens (tertiary/aromatic N) is 1. The number of aromatic nitrogens is 1. The van der Waals surface area contributed by atoms with Crippen LogP contribution in [0.5, 0.6) is 0 Å². The van der Waals surface area contributed by atoms with Crippen molar-refractivity contribution in [1.29, 1.82) is 0 Å². The third-order valence-corrected chi connectivity index (χ3v) is 5.57. The summed E-state index contributed by atoms with van der Waals surface area (Å²) in [5, 5.41) is 4.32. The van der Waals surface area contributed by atoms with Gasteiger partial charge in [-0.25, -0.2) is 0 Å². The van der Waals surface area contributed by atoms with Crippen molar-refractivity contribution in [2.75, 3.05) is 19.6 Å². The van der Waals surface area contributed by atoms with Gasteiger partial charge in [0.25, 0.3) is 5.91 Å². The Hall–Kier alpha value is -1.81. The molecule has 2 fully saturated rings. The van der Waals surface area contributed by atoms with Crippen LogP contribution in [0.3, 0.4) is 0 Å². The molecule has 2 aliphatic heterocycles. The molecule has 4 heteroatoms. The van der Waals surface area contributed by atoms with Crippen molar-refractivity contribution >= 4 is 16.8 Å². The Morgan fingerprint density at radius 1 is 1.17 bits per heavy atom. The van der Waals surface area contributed by atoms with Crippen LogP contribution in [0.4, 0.5) is 0 Å². The second kappa shape index (κ2) is 6.36. The first-order chi connectivity index (χ1) is 11.3. The quantitative estimate of drug-likeness (QED) is 0.915. The smallest absolute Gasteiger partial charge is 0.251 e. The number of carbonyl (C=O) groups excluding carboxylic acids is 1. The average molecular weight is 311 g/mol. The third kappa shape index (κ3) is 3.00. The van der Waals surface area contributed by atoms with Crippen molar-refractivity contribution in [1.82, 2.24) is 15.2 Å². The lowest BCUT2D eigenvalue weighted by Crippen LogP contribution is -2.51. The maximum atomic E-state index is 12.5. The van der Waals surface area contributed by atoms with E-state index in [0.29, 0.717) is 12.0 Å². The molecule has 1 aromatic heterocycles. The van der Waals surface area contributed by atoms with Gasteiger partial charge in [0.2, 0.25) is 0 Å². The van der Waals surface area contributed by atoms with E-state index in [0.717, 1.165) is 23.0 Å². The summed E-state index contributed by atoms with van der Waals surface area (Å²) in [7, 11) is 0. The summed E-state index contributed by atoms with van der Waals surface area (Å²) >= 11 is 0. The van der Waals surface area contributed by atoms with Gasteiger partial charge in [0, 0.05) is 29.9 Å². The van der Waals surface area contributed by atoms with Crippen LogP contribution in [-0.4, -0.2) is 41.5 Å². The molecule has 2 aliphatic rings. The fraction of sp³-hybridized carbons (Fsp3) is 0.526. The number of aromatic amines is 1. The highest BCUT2D eigenvalue weighted by atomic mass is 16.1. The average Bonchev–Trinajstić information content (AvgIpc) is 3.07. The molecule has 4 rings (SSSR count). The monoisotopic (exact) mass is 311 g/mol. The Morgan fingerprint density at radius 3 is 3.04 bits per heavy atom. The summed E-state index contributed by atoms with van der Waals surface area (Å²) in [6.45, 7) is 3.31. The van der Waals surface area contributed by atoms with Crippen LogP contribution in [0, 0.1) is 5.92 Å². The number of hydrogen-bond acceptors (Lipinski definition) is 2. The molecule has 23 heavy (non-hydrogen) atoms. The van der Waals surface area contributed by atoms with Crippen LogP contribution < -0.4 is 5.32 Å². The van der Waals surface area contributed by atoms with E-state index in [2.05, 4.69) is 15.2 Å². The summed E-state index contributed by atoms with van der Waals surface area (Å²) in [5.41, 5.74) is 1.77. The fourth-order valence-corrected chi connectivity index (χ4v) is 4.33. The van der Waals surface area contributed by atoms with Crippen LogP contribution in [0.15, 0.2) is 30.5 Å². The van der Waals surface area contributed by atoms with Crippen LogP contribution in [0.2, 0.25) is 0 Å². The molecule has 0 spiro atoms. The predicted octanol–water partition coefficient (Wildman–Crippen LogP) is 3.16. The Bertz CT molecular complexity index is 691. The molecule has 2 N–H and O–H groups in total. The number of benzene rings is 1. The van der Waals surface area contributed by atoms with Crippen LogP contribution in [-0.2, 0) is 0 Å². The van der Waals surface area contributed by atoms with E-state index in [9.17, 15) is 4.79 Å². The van der Waals surface area contributed by atoms with Crippen molar-refractivity contribution in [3.8, 4) is 0 Å². The van der Waals surface area contributed by atoms with E-state index in [-0.39, 0.29) is 5.91 Å². The molecule has 0 bridgehead atoms. The summed E-state index contributed by atoms with van der Waals surface area (Å²) in [6, 6.07) is 8.57. The van der Waals surface area contributed by atoms with Crippen molar-refractivity contribution in [2.45, 2.75) is 38.1 Å². The van der Waals surface area contributed by atoms with Gasteiger partial charge in [-0.15, -0.1) is 0 Å². The Labute approximate surface area is 137 Å². The second-order valence-corrected chi connectivity index (χ2v) is 6.99. The van der Waals surface area contributed by atoms with Crippen LogP contribution in [0.1, 0.15) is 42.5 Å². The normalized spacial score (nSPS) is 25.2. The lowest BCUT2D eigenvalue weighted by atomic mass is 9.83. The number of carbonyl (C=O) groups is 1. The Kier molecular flexibility index (Phi) is 4.08. The van der Waals surface area contributed by atoms with Crippen molar-refractivity contribution in [3.63, 3.8) is 0 Å². The van der Waals surface area contributed by atoms with E-state index in [4.69, 9.17) is 0 Å². The maximum Gasteiger partial charge on any atom is 0.251 e. The highest BCUT2D eigenvalue weighted by Crippen LogP contribution is 2.30. The van der Waals surface area contributed by atoms with Gasteiger partial charge in [-0.05, 0) is 68.3 Å². The van der Waals surface area contributed by atoms with E-state index in [1.165, 1.54) is 45.2 Å². The summed E-state index contributed by atoms with van der Waals surface area (Å²) in [5.74, 6) is 0.664. The maximum absolute atomic E-state index is 12.5. The lowest BCUT2D eigenvalue weighted by Gasteiger charge is -2.44. The highest BCUT2D eigenvalue weighted by Gasteiger charge is 2.32. The van der Waals surface area contributed by atoms with Gasteiger partial charge in [-0.2, -0.15) is 0 Å². The molecule has 3 heterocycles. The minimum atomic E-state index is 0.0504. The zero-order valence-electron chi connectivity index (χ0n) is 13.6. The van der Waals surface area contributed by atoms with Gasteiger partial charge in [0.15, 0.2) is 0 Å². The third-order valence-electron chi connectivity index (χ3n) is 5.57. The van der Waals surface area contributed by atoms with Gasteiger partial charge in [0.05, 0.1) is 0 Å². The summed E-state index contributed by atoms with van der Waals surface area (Å²) in [6.07, 6.45) is 8.41. The standard InChI is InChI=1S/C19H25N3O/c23-19(15-7-6-14-8-9-20-17(14)12-15)21-13-16-4-3-11-22-10-2-1-5-18(16)22/h6-9,12,16,18,20H,1-5,10-11,13H2,(H,21,23). The first kappa shape index (κ1) is 14.8. The van der Waals surface area contributed by atoms with E-state index in [1.54, 1.807) is 0 Å². The second-order valence-electron chi connectivity index (χ2n) is 6.99. The van der Waals surface area contributed by atoms with Crippen LogP contribution in [0.25, 0.3) is 10.9 Å². The molecule has 0 saturated carbocycles. The summed E-state index contributed by atoms with van der Waals surface area (Å²) < 4.78 is 0. The zero-order valence-corrected chi connectivity index (χ0v) is 13.6. The Morgan fingerprint density at radius 2 is 2.09 bits per heavy atom. The molecule has 2 saturated heterocycles. The molecular formula is C19H25N3O. The van der Waals surface area contributed by atoms with Crippen molar-refractivity contribution in [2.24, 2.45) is 5.92 Å². The molecular weight excluding hydrogens is 286 g/mol. The van der Waals surface area contributed by atoms with Crippen molar-refractivity contribution in [3.05, 3.63) is 36.0 Å². The molecule has 0 aliphatic carbocycles. The Balaban J connectivity index is 1.40. The van der Waals surface area contributed by atoms with Gasteiger partial charge >= 0.3 is 0 Å². The molecule has 122 valence electrons. The van der Waals surface area contributed by atoms with Gasteiger partial charge in [-0.3, -0.25) is 4.79 Å². The van der Waals surface area contributed by atoms with E-state index < -0.39 is 0 Å². The highest BCUT2D eigenvalue weighted by molar-refractivity contribution is 5.97. The minimum absolute atomic E-state index is 0.0504. The number of amides is 1. The zero-order chi connectivity index (χ0) is 15.6. The molecule has 1 amide bonds. The largest absolute Gasteiger partial charge is 0.361 e. The first-order valence-corrected chi connectivity index (χ1v) is 8.91. The number of fused-ring (bicyclic) bond motifs is 2. The molecule has 2 aromatic rings. The first-order valence-electron chi connectivity index (χ1n) is 8.91. The SMILES string of the molecule is O=C(NCC1CCCN2CCCCC12)c1ccc2cc[nH]c2c1. The number of H-pyrrole nitrogens is 1. The minimum Gasteiger partial charge on any atom is -0.361 e. The number of piperidine rings is 2. The fourth-order valence-electron chi connectivity index (χ4n) is 4.33. The topological polar surface area (TPSA) is 48.1 Å². The number of nitrogens with one attached hydrogen (secondary N) is 2. The van der Waals surface area contributed by atoms with E-state index >= 15 is 0 Å². The van der Waals surface area contributed by atoms with E-state index in [1.807, 2.05) is 30.5 Å². The summed E-state index contributed by atoms with van der Waals surface area (Å²) in [4.78, 5) is 18.3. The van der Waals surface area contributed by atoms with Gasteiger partial charge < -0.3 is 15.2 Å². The molecule has 4 nitrogen and oxygen atoms in total. The molecule has 2 unspecified atom stereocenters. The number of rotatable bonds is 3. The number of hydrogen-bond donors (Lipinski definition) is 2. The molecule has 1 aromatic carbocycles. The van der Waals surface area contributed by atoms with Crippen LogP contribution >= 0.6 is 0 Å². The molecule has 2 atom stereocenters. The molecule has 0 radical (unpaired) electrons. The van der Waals surface area contributed by atoms with Gasteiger partial charge in [0.1, 0.15) is 0 Å². The van der Waals surface area contributed by atoms with Gasteiger partial charge in [-0.1, -0.05) is 12.5 Å².